The lowest BCUT2D eigenvalue weighted by atomic mass is 9.95. The Balaban J connectivity index is 1.57. The molecule has 1 aromatic heterocycles. The molecule has 36 heavy (non-hydrogen) atoms. The molecule has 4 rings (SSSR count). The third-order valence-electron chi connectivity index (χ3n) is 6.34. The highest BCUT2D eigenvalue weighted by Gasteiger charge is 2.27. The lowest BCUT2D eigenvalue weighted by Gasteiger charge is -2.25. The van der Waals surface area contributed by atoms with Gasteiger partial charge in [0.15, 0.2) is 0 Å². The first-order valence-corrected chi connectivity index (χ1v) is 11.7. The second kappa shape index (κ2) is 11.7. The van der Waals surface area contributed by atoms with Gasteiger partial charge in [0.05, 0.1) is 17.8 Å². The van der Waals surface area contributed by atoms with Crippen molar-refractivity contribution in [2.24, 2.45) is 5.92 Å². The molecular formula is C28H26N4O4. The van der Waals surface area contributed by atoms with E-state index in [9.17, 15) is 19.2 Å². The average Bonchev–Trinajstić information content (AvgIpc) is 3.56. The molecule has 0 saturated carbocycles. The number of aromatic amines is 1. The summed E-state index contributed by atoms with van der Waals surface area (Å²) >= 11 is 0. The van der Waals surface area contributed by atoms with Gasteiger partial charge >= 0.3 is 0 Å². The maximum absolute atomic E-state index is 13.2. The molecule has 8 nitrogen and oxygen atoms in total. The van der Waals surface area contributed by atoms with Crippen LogP contribution < -0.4 is 16.0 Å². The van der Waals surface area contributed by atoms with Crippen LogP contribution in [0.4, 0.5) is 0 Å². The Labute approximate surface area is 208 Å². The Morgan fingerprint density at radius 1 is 1.08 bits per heavy atom. The van der Waals surface area contributed by atoms with Crippen LogP contribution in [0.15, 0.2) is 78.3 Å². The number of allylic oxidation sites excluding steroid dienone is 1. The van der Waals surface area contributed by atoms with E-state index in [1.54, 1.807) is 24.3 Å². The summed E-state index contributed by atoms with van der Waals surface area (Å²) in [5.74, 6) is 5.14. The third-order valence-corrected chi connectivity index (χ3v) is 6.34. The van der Waals surface area contributed by atoms with Gasteiger partial charge in [0.25, 0.3) is 5.91 Å². The molecule has 4 N–H and O–H groups in total. The Hall–Kier alpha value is -4.60. The maximum Gasteiger partial charge on any atom is 0.251 e. The minimum absolute atomic E-state index is 0.106. The van der Waals surface area contributed by atoms with Crippen molar-refractivity contribution in [1.29, 1.82) is 0 Å². The van der Waals surface area contributed by atoms with Crippen molar-refractivity contribution in [1.82, 2.24) is 20.9 Å². The number of amides is 1. The highest BCUT2D eigenvalue weighted by Crippen LogP contribution is 2.23. The van der Waals surface area contributed by atoms with Crippen molar-refractivity contribution >= 4 is 34.6 Å². The third kappa shape index (κ3) is 5.90. The Morgan fingerprint density at radius 3 is 2.67 bits per heavy atom. The number of carbonyl (C=O) groups is 1. The normalized spacial score (nSPS) is 16.1. The number of H-pyrrole nitrogens is 1. The van der Waals surface area contributed by atoms with Gasteiger partial charge < -0.3 is 20.9 Å². The van der Waals surface area contributed by atoms with Crippen LogP contribution in [0.25, 0.3) is 10.9 Å². The molecule has 8 heteroatoms. The standard InChI is InChI=1S/C28H26N4O4/c33-13-10-23(16-21-9-12-30-26(21)17-34)31-27(18-35)25(14-19-4-2-1-3-5-19)32-28(36)22-6-7-24-20(15-22)8-11-29-24/h1-8,10-11,15,21,23,25,29-31H,9,12,14,16H2,(H,32,36)/t21-,23+,25-/m0/s1. The monoisotopic (exact) mass is 482 g/mol. The lowest BCUT2D eigenvalue weighted by Crippen LogP contribution is -2.44. The molecule has 0 radical (unpaired) electrons. The van der Waals surface area contributed by atoms with E-state index in [1.165, 1.54) is 6.08 Å². The van der Waals surface area contributed by atoms with Crippen molar-refractivity contribution in [2.45, 2.75) is 31.3 Å². The molecule has 2 aromatic carbocycles. The molecule has 182 valence electrons. The number of carbonyl (C=O) groups excluding carboxylic acids is 4. The summed E-state index contributed by atoms with van der Waals surface area (Å²) in [7, 11) is 0. The first kappa shape index (κ1) is 24.5. The van der Waals surface area contributed by atoms with E-state index in [0.29, 0.717) is 37.1 Å². The van der Waals surface area contributed by atoms with E-state index in [4.69, 9.17) is 0 Å². The maximum atomic E-state index is 13.2. The number of benzene rings is 2. The first-order valence-electron chi connectivity index (χ1n) is 11.7. The summed E-state index contributed by atoms with van der Waals surface area (Å²) in [6.45, 7) is 0.640. The van der Waals surface area contributed by atoms with Crippen LogP contribution in [0, 0.1) is 5.92 Å². The van der Waals surface area contributed by atoms with Gasteiger partial charge in [0.1, 0.15) is 23.5 Å². The second-order valence-electron chi connectivity index (χ2n) is 8.71. The molecule has 3 atom stereocenters. The molecule has 1 aliphatic rings. The fraction of sp³-hybridized carbons (Fsp3) is 0.250. The quantitative estimate of drug-likeness (QED) is 0.329. The van der Waals surface area contributed by atoms with E-state index in [1.807, 2.05) is 54.3 Å². The number of nitrogens with one attached hydrogen (secondary N) is 4. The van der Waals surface area contributed by atoms with Crippen molar-refractivity contribution in [3.8, 4) is 0 Å². The molecule has 2 heterocycles. The zero-order valence-corrected chi connectivity index (χ0v) is 19.5. The van der Waals surface area contributed by atoms with Crippen LogP contribution >= 0.6 is 0 Å². The zero-order valence-electron chi connectivity index (χ0n) is 19.5. The molecule has 0 aliphatic carbocycles. The summed E-state index contributed by atoms with van der Waals surface area (Å²) in [4.78, 5) is 50.8. The fourth-order valence-electron chi connectivity index (χ4n) is 4.49. The van der Waals surface area contributed by atoms with E-state index >= 15 is 0 Å². The predicted octanol–water partition coefficient (Wildman–Crippen LogP) is 2.29. The van der Waals surface area contributed by atoms with Gasteiger partial charge in [0.2, 0.25) is 0 Å². The highest BCUT2D eigenvalue weighted by atomic mass is 16.2. The molecule has 0 bridgehead atoms. The van der Waals surface area contributed by atoms with E-state index in [2.05, 4.69) is 20.9 Å². The molecule has 1 fully saturated rings. The minimum atomic E-state index is -0.732. The topological polar surface area (TPSA) is 120 Å². The lowest BCUT2D eigenvalue weighted by molar-refractivity contribution is 0.0941. The van der Waals surface area contributed by atoms with Crippen LogP contribution in [0.2, 0.25) is 0 Å². The molecule has 0 unspecified atom stereocenters. The first-order chi connectivity index (χ1) is 17.6. The number of hydrogen-bond donors (Lipinski definition) is 4. The van der Waals surface area contributed by atoms with Crippen LogP contribution in [0.5, 0.6) is 0 Å². The summed E-state index contributed by atoms with van der Waals surface area (Å²) in [5.41, 5.74) is 2.83. The van der Waals surface area contributed by atoms with Crippen LogP contribution in [0.3, 0.4) is 0 Å². The van der Waals surface area contributed by atoms with Gasteiger partial charge in [-0.15, -0.1) is 0 Å². The van der Waals surface area contributed by atoms with Gasteiger partial charge in [-0.1, -0.05) is 30.3 Å². The predicted molar refractivity (Wildman–Crippen MR) is 136 cm³/mol. The molecule has 1 amide bonds. The van der Waals surface area contributed by atoms with Crippen molar-refractivity contribution in [3.63, 3.8) is 0 Å². The van der Waals surface area contributed by atoms with Gasteiger partial charge in [0, 0.05) is 41.2 Å². The van der Waals surface area contributed by atoms with E-state index < -0.39 is 12.1 Å². The molecule has 0 spiro atoms. The molecule has 1 aliphatic heterocycles. The van der Waals surface area contributed by atoms with Crippen molar-refractivity contribution < 1.29 is 19.2 Å². The highest BCUT2D eigenvalue weighted by molar-refractivity contribution is 5.98. The van der Waals surface area contributed by atoms with Crippen molar-refractivity contribution in [2.75, 3.05) is 6.54 Å². The molecular weight excluding hydrogens is 456 g/mol. The molecule has 3 aromatic rings. The number of aromatic nitrogens is 1. The van der Waals surface area contributed by atoms with Gasteiger partial charge in [-0.2, -0.15) is 0 Å². The number of hydrogen-bond acceptors (Lipinski definition) is 6. The van der Waals surface area contributed by atoms with Gasteiger partial charge in [-0.25, -0.2) is 14.4 Å². The smallest absolute Gasteiger partial charge is 0.251 e. The number of fused-ring (bicyclic) bond motifs is 1. The second-order valence-corrected chi connectivity index (χ2v) is 8.71. The summed E-state index contributed by atoms with van der Waals surface area (Å²) in [6, 6.07) is 15.3. The summed E-state index contributed by atoms with van der Waals surface area (Å²) in [6.07, 6.45) is 4.50. The van der Waals surface area contributed by atoms with E-state index in [-0.39, 0.29) is 17.5 Å². The number of rotatable bonds is 10. The Kier molecular flexibility index (Phi) is 7.97. The zero-order chi connectivity index (χ0) is 25.3. The summed E-state index contributed by atoms with van der Waals surface area (Å²) in [5, 5.41) is 9.90. The minimum Gasteiger partial charge on any atom is -0.379 e. The average molecular weight is 483 g/mol. The van der Waals surface area contributed by atoms with E-state index in [0.717, 1.165) is 16.5 Å². The fourth-order valence-corrected chi connectivity index (χ4v) is 4.49. The largest absolute Gasteiger partial charge is 0.379 e. The van der Waals surface area contributed by atoms with Gasteiger partial charge in [-0.3, -0.25) is 4.79 Å². The SMILES string of the molecule is O=C=C[C@H](C[C@@H]1CCNC1=C=O)NC(=C=O)[C@H](Cc1ccccc1)NC(=O)c1ccc2[nH]ccc2c1. The van der Waals surface area contributed by atoms with Crippen molar-refractivity contribution in [3.05, 3.63) is 89.4 Å². The van der Waals surface area contributed by atoms with Crippen LogP contribution in [-0.2, 0) is 20.8 Å². The molecule has 1 saturated heterocycles. The van der Waals surface area contributed by atoms with Crippen LogP contribution in [0.1, 0.15) is 28.8 Å². The Morgan fingerprint density at radius 2 is 1.92 bits per heavy atom. The summed E-state index contributed by atoms with van der Waals surface area (Å²) < 4.78 is 0. The van der Waals surface area contributed by atoms with Crippen LogP contribution in [-0.4, -0.2) is 47.3 Å². The Bertz CT molecular complexity index is 1380. The van der Waals surface area contributed by atoms with Gasteiger partial charge in [-0.05, 0) is 49.1 Å².